The van der Waals surface area contributed by atoms with E-state index in [9.17, 15) is 4.79 Å². The second-order valence-electron chi connectivity index (χ2n) is 6.52. The first-order valence-electron chi connectivity index (χ1n) is 9.33. The van der Waals surface area contributed by atoms with Crippen LogP contribution in [0, 0.1) is 0 Å². The minimum absolute atomic E-state index is 0.193. The van der Waals surface area contributed by atoms with Gasteiger partial charge < -0.3 is 19.4 Å². The fourth-order valence-electron chi connectivity index (χ4n) is 3.13. The van der Waals surface area contributed by atoms with E-state index in [-0.39, 0.29) is 5.91 Å². The van der Waals surface area contributed by atoms with Crippen molar-refractivity contribution in [1.29, 1.82) is 0 Å². The summed E-state index contributed by atoms with van der Waals surface area (Å²) in [6.07, 6.45) is 5.31. The number of carbonyl (C=O) groups is 1. The van der Waals surface area contributed by atoms with Crippen LogP contribution in [0.15, 0.2) is 16.6 Å². The number of rotatable bonds is 7. The third kappa shape index (κ3) is 4.61. The third-order valence-corrected chi connectivity index (χ3v) is 5.12. The molecule has 0 atom stereocenters. The molecule has 0 radical (unpaired) electrons. The molecule has 0 aliphatic carbocycles. The maximum absolute atomic E-state index is 12.6. The molecule has 0 spiro atoms. The highest BCUT2D eigenvalue weighted by molar-refractivity contribution is 9.10. The molecule has 1 aliphatic heterocycles. The van der Waals surface area contributed by atoms with Gasteiger partial charge in [-0.05, 0) is 47.3 Å². The van der Waals surface area contributed by atoms with E-state index < -0.39 is 0 Å². The second kappa shape index (κ2) is 9.21. The maximum Gasteiger partial charge on any atom is 0.251 e. The van der Waals surface area contributed by atoms with Crippen molar-refractivity contribution in [2.75, 3.05) is 13.7 Å². The van der Waals surface area contributed by atoms with Gasteiger partial charge in [-0.3, -0.25) is 4.79 Å². The molecule has 0 bridgehead atoms. The SMILES string of the molecule is CCCOc1c(Br)cc(C(=O)NCc2nnc3n2CCCCC3)cc1OC. The number of methoxy groups -OCH3 is 1. The molecule has 2 heterocycles. The Kier molecular flexibility index (Phi) is 6.71. The molecule has 1 aromatic heterocycles. The summed E-state index contributed by atoms with van der Waals surface area (Å²) in [5, 5.41) is 11.4. The zero-order valence-electron chi connectivity index (χ0n) is 15.8. The van der Waals surface area contributed by atoms with Crippen LogP contribution in [0.25, 0.3) is 0 Å². The van der Waals surface area contributed by atoms with Crippen LogP contribution in [0.1, 0.15) is 54.6 Å². The normalized spacial score (nSPS) is 13.6. The fourth-order valence-corrected chi connectivity index (χ4v) is 3.69. The van der Waals surface area contributed by atoms with Gasteiger partial charge in [0.05, 0.1) is 24.7 Å². The van der Waals surface area contributed by atoms with Crippen LogP contribution in [0.3, 0.4) is 0 Å². The molecule has 3 rings (SSSR count). The number of hydrogen-bond donors (Lipinski definition) is 1. The van der Waals surface area contributed by atoms with Crippen LogP contribution in [-0.4, -0.2) is 34.4 Å². The van der Waals surface area contributed by atoms with Gasteiger partial charge in [-0.25, -0.2) is 0 Å². The van der Waals surface area contributed by atoms with Crippen molar-refractivity contribution in [3.8, 4) is 11.5 Å². The highest BCUT2D eigenvalue weighted by Crippen LogP contribution is 2.36. The predicted molar refractivity (Wildman–Crippen MR) is 105 cm³/mol. The number of fused-ring (bicyclic) bond motifs is 1. The second-order valence-corrected chi connectivity index (χ2v) is 7.37. The number of amides is 1. The molecule has 0 saturated heterocycles. The van der Waals surface area contributed by atoms with Gasteiger partial charge in [-0.15, -0.1) is 10.2 Å². The molecule has 0 saturated carbocycles. The first-order valence-corrected chi connectivity index (χ1v) is 10.1. The van der Waals surface area contributed by atoms with Crippen molar-refractivity contribution in [3.05, 3.63) is 33.8 Å². The van der Waals surface area contributed by atoms with Gasteiger partial charge in [0.15, 0.2) is 17.3 Å². The van der Waals surface area contributed by atoms with Gasteiger partial charge >= 0.3 is 0 Å². The van der Waals surface area contributed by atoms with Crippen LogP contribution in [0.4, 0.5) is 0 Å². The van der Waals surface area contributed by atoms with Crippen LogP contribution >= 0.6 is 15.9 Å². The molecule has 146 valence electrons. The lowest BCUT2D eigenvalue weighted by molar-refractivity contribution is 0.0949. The molecule has 0 unspecified atom stereocenters. The zero-order valence-corrected chi connectivity index (χ0v) is 17.3. The topological polar surface area (TPSA) is 78.3 Å². The summed E-state index contributed by atoms with van der Waals surface area (Å²) in [7, 11) is 1.56. The summed E-state index contributed by atoms with van der Waals surface area (Å²) >= 11 is 3.47. The van der Waals surface area contributed by atoms with Gasteiger partial charge in [-0.1, -0.05) is 13.3 Å². The van der Waals surface area contributed by atoms with E-state index in [1.54, 1.807) is 19.2 Å². The Hall–Kier alpha value is -2.09. The summed E-state index contributed by atoms with van der Waals surface area (Å²) in [6.45, 7) is 3.88. The average molecular weight is 437 g/mol. The molecule has 2 aromatic rings. The van der Waals surface area contributed by atoms with E-state index in [1.807, 2.05) is 6.92 Å². The van der Waals surface area contributed by atoms with Crippen molar-refractivity contribution in [1.82, 2.24) is 20.1 Å². The van der Waals surface area contributed by atoms with Gasteiger partial charge in [0.2, 0.25) is 0 Å². The molecule has 1 aliphatic rings. The third-order valence-electron chi connectivity index (χ3n) is 4.54. The lowest BCUT2D eigenvalue weighted by Gasteiger charge is -2.14. The number of carbonyl (C=O) groups excluding carboxylic acids is 1. The highest BCUT2D eigenvalue weighted by atomic mass is 79.9. The van der Waals surface area contributed by atoms with Gasteiger partial charge in [0, 0.05) is 18.5 Å². The fraction of sp³-hybridized carbons (Fsp3) is 0.526. The van der Waals surface area contributed by atoms with Crippen molar-refractivity contribution in [2.45, 2.75) is 52.1 Å². The van der Waals surface area contributed by atoms with E-state index >= 15 is 0 Å². The smallest absolute Gasteiger partial charge is 0.251 e. The maximum atomic E-state index is 12.6. The first-order chi connectivity index (χ1) is 13.1. The summed E-state index contributed by atoms with van der Waals surface area (Å²) in [5.74, 6) is 2.76. The summed E-state index contributed by atoms with van der Waals surface area (Å²) in [6, 6.07) is 3.43. The van der Waals surface area contributed by atoms with E-state index in [4.69, 9.17) is 9.47 Å². The Bertz CT molecular complexity index is 806. The lowest BCUT2D eigenvalue weighted by Crippen LogP contribution is -2.25. The summed E-state index contributed by atoms with van der Waals surface area (Å²) in [4.78, 5) is 12.6. The molecule has 1 amide bonds. The van der Waals surface area contributed by atoms with Gasteiger partial charge in [0.25, 0.3) is 5.91 Å². The Morgan fingerprint density at radius 3 is 2.93 bits per heavy atom. The molecule has 1 aromatic carbocycles. The number of hydrogen-bond acceptors (Lipinski definition) is 5. The molecule has 7 nitrogen and oxygen atoms in total. The number of halogens is 1. The van der Waals surface area contributed by atoms with E-state index in [1.165, 1.54) is 6.42 Å². The molecule has 0 fully saturated rings. The number of aryl methyl sites for hydroxylation is 1. The minimum atomic E-state index is -0.193. The molecule has 8 heteroatoms. The van der Waals surface area contributed by atoms with Crippen molar-refractivity contribution in [2.24, 2.45) is 0 Å². The minimum Gasteiger partial charge on any atom is -0.493 e. The molecular formula is C19H25BrN4O3. The van der Waals surface area contributed by atoms with Crippen LogP contribution in [0.2, 0.25) is 0 Å². The highest BCUT2D eigenvalue weighted by Gasteiger charge is 2.18. The van der Waals surface area contributed by atoms with E-state index in [0.29, 0.717) is 34.7 Å². The zero-order chi connectivity index (χ0) is 19.2. The average Bonchev–Trinajstić information content (AvgIpc) is 2.90. The molecule has 27 heavy (non-hydrogen) atoms. The standard InChI is InChI=1S/C19H25BrN4O3/c1-3-9-27-18-14(20)10-13(11-15(18)26-2)19(25)21-12-17-23-22-16-7-5-4-6-8-24(16)17/h10-11H,3-9,12H2,1-2H3,(H,21,25). The quantitative estimate of drug-likeness (QED) is 0.718. The Morgan fingerprint density at radius 1 is 1.30 bits per heavy atom. The Morgan fingerprint density at radius 2 is 2.15 bits per heavy atom. The van der Waals surface area contributed by atoms with Crippen LogP contribution in [-0.2, 0) is 19.5 Å². The summed E-state index contributed by atoms with van der Waals surface area (Å²) in [5.41, 5.74) is 0.498. The lowest BCUT2D eigenvalue weighted by atomic mass is 10.2. The van der Waals surface area contributed by atoms with Crippen LogP contribution in [0.5, 0.6) is 11.5 Å². The van der Waals surface area contributed by atoms with Gasteiger partial charge in [-0.2, -0.15) is 0 Å². The van der Waals surface area contributed by atoms with E-state index in [2.05, 4.69) is 36.0 Å². The van der Waals surface area contributed by atoms with Crippen LogP contribution < -0.4 is 14.8 Å². The van der Waals surface area contributed by atoms with E-state index in [0.717, 1.165) is 43.9 Å². The van der Waals surface area contributed by atoms with Crippen molar-refractivity contribution in [3.63, 3.8) is 0 Å². The molecular weight excluding hydrogens is 412 g/mol. The number of nitrogens with one attached hydrogen (secondary N) is 1. The number of aromatic nitrogens is 3. The number of ether oxygens (including phenoxy) is 2. The van der Waals surface area contributed by atoms with Crippen molar-refractivity contribution >= 4 is 21.8 Å². The monoisotopic (exact) mass is 436 g/mol. The summed E-state index contributed by atoms with van der Waals surface area (Å²) < 4.78 is 13.9. The Labute approximate surface area is 167 Å². The Balaban J connectivity index is 1.71. The largest absolute Gasteiger partial charge is 0.493 e. The van der Waals surface area contributed by atoms with Crippen molar-refractivity contribution < 1.29 is 14.3 Å². The number of benzene rings is 1. The predicted octanol–water partition coefficient (Wildman–Crippen LogP) is 3.49. The first kappa shape index (κ1) is 19.7. The van der Waals surface area contributed by atoms with Gasteiger partial charge in [0.1, 0.15) is 5.82 Å². The molecule has 1 N–H and O–H groups in total. The number of nitrogens with zero attached hydrogens (tertiary/aromatic N) is 3.